The minimum Gasteiger partial charge on any atom is -0.353 e. The van der Waals surface area contributed by atoms with Crippen molar-refractivity contribution in [2.24, 2.45) is 0 Å². The van der Waals surface area contributed by atoms with Gasteiger partial charge in [0.2, 0.25) is 0 Å². The molecule has 0 heterocycles. The predicted octanol–water partition coefficient (Wildman–Crippen LogP) is 3.49. The Bertz CT molecular complexity index is 109. The van der Waals surface area contributed by atoms with Crippen LogP contribution in [-0.4, -0.2) is 18.3 Å². The fraction of sp³-hybridized carbons (Fsp3) is 1.00. The van der Waals surface area contributed by atoms with Crippen molar-refractivity contribution in [2.75, 3.05) is 6.61 Å². The van der Waals surface area contributed by atoms with E-state index in [2.05, 4.69) is 13.8 Å². The van der Waals surface area contributed by atoms with E-state index in [0.717, 1.165) is 32.3 Å². The first kappa shape index (κ1) is 13.3. The van der Waals surface area contributed by atoms with Crippen molar-refractivity contribution in [3.63, 3.8) is 0 Å². The lowest BCUT2D eigenvalue weighted by Gasteiger charge is -2.20. The summed E-state index contributed by atoms with van der Waals surface area (Å²) in [7, 11) is 0. The molecule has 0 aliphatic heterocycles. The molecule has 2 atom stereocenters. The van der Waals surface area contributed by atoms with E-state index in [1.807, 2.05) is 6.92 Å². The van der Waals surface area contributed by atoms with Gasteiger partial charge in [0, 0.05) is 6.61 Å². The zero-order valence-corrected chi connectivity index (χ0v) is 9.73. The van der Waals surface area contributed by atoms with E-state index in [1.54, 1.807) is 0 Å². The molecule has 2 nitrogen and oxygen atoms in total. The summed E-state index contributed by atoms with van der Waals surface area (Å²) in [6, 6.07) is 0. The molecule has 0 aliphatic rings. The Labute approximate surface area is 87.4 Å². The van der Waals surface area contributed by atoms with Gasteiger partial charge in [-0.2, -0.15) is 0 Å². The molecule has 0 saturated carbocycles. The largest absolute Gasteiger partial charge is 0.353 e. The predicted molar refractivity (Wildman–Crippen MR) is 57.7 cm³/mol. The summed E-state index contributed by atoms with van der Waals surface area (Å²) in [5.41, 5.74) is -0.103. The second-order valence-electron chi connectivity index (χ2n) is 3.06. The Hall–Kier alpha value is 0.270. The van der Waals surface area contributed by atoms with Gasteiger partial charge in [-0.25, -0.2) is 0 Å². The Balaban J connectivity index is 3.65. The highest BCUT2D eigenvalue weighted by Crippen LogP contribution is 2.12. The lowest BCUT2D eigenvalue weighted by Crippen LogP contribution is -2.21. The van der Waals surface area contributed by atoms with Crippen LogP contribution in [0.2, 0.25) is 0 Å². The second kappa shape index (κ2) is 8.85. The highest BCUT2D eigenvalue weighted by atomic mass is 32.1. The van der Waals surface area contributed by atoms with Crippen LogP contribution in [-0.2, 0) is 9.47 Å². The minimum atomic E-state index is -0.103. The van der Waals surface area contributed by atoms with Crippen molar-refractivity contribution in [2.45, 2.75) is 58.2 Å². The zero-order valence-electron chi connectivity index (χ0n) is 8.91. The van der Waals surface area contributed by atoms with E-state index in [0.29, 0.717) is 0 Å². The first-order valence-electron chi connectivity index (χ1n) is 5.17. The molecule has 0 saturated heterocycles. The second-order valence-corrected chi connectivity index (χ2v) is 3.59. The third-order valence-corrected chi connectivity index (χ3v) is 2.11. The molecule has 0 aromatic rings. The molecule has 2 unspecified atom stereocenters. The maximum Gasteiger partial charge on any atom is 0.159 e. The number of rotatable bonds is 8. The molecule has 0 N–H and O–H groups in total. The summed E-state index contributed by atoms with van der Waals surface area (Å²) in [6.07, 6.45) is 3.81. The monoisotopic (exact) mass is 205 g/mol. The van der Waals surface area contributed by atoms with Gasteiger partial charge in [-0.1, -0.05) is 39.8 Å². The summed E-state index contributed by atoms with van der Waals surface area (Å²) in [5.74, 6) is 0. The Morgan fingerprint density at radius 2 is 1.85 bits per heavy atom. The molecule has 79 valence electrons. The highest BCUT2D eigenvalue weighted by molar-refractivity contribution is 7.80. The molecule has 0 bridgehead atoms. The topological polar surface area (TPSA) is 18.5 Å². The van der Waals surface area contributed by atoms with Gasteiger partial charge < -0.3 is 9.47 Å². The highest BCUT2D eigenvalue weighted by Gasteiger charge is 2.11. The third-order valence-electron chi connectivity index (χ3n) is 1.67. The average molecular weight is 205 g/mol. The number of ether oxygens (including phenoxy) is 2. The van der Waals surface area contributed by atoms with Crippen LogP contribution in [0, 0.1) is 0 Å². The summed E-state index contributed by atoms with van der Waals surface area (Å²) in [4.78, 5) is 0. The van der Waals surface area contributed by atoms with Crippen LogP contribution < -0.4 is 0 Å². The Morgan fingerprint density at radius 1 is 1.15 bits per heavy atom. The van der Waals surface area contributed by atoms with Crippen LogP contribution >= 0.6 is 12.6 Å². The maximum atomic E-state index is 5.53. The van der Waals surface area contributed by atoms with Crippen LogP contribution in [0.1, 0.15) is 46.5 Å². The van der Waals surface area contributed by atoms with Gasteiger partial charge in [0.15, 0.2) is 6.29 Å². The molecule has 0 amide bonds. The normalized spacial score (nSPS) is 15.7. The van der Waals surface area contributed by atoms with Crippen molar-refractivity contribution in [3.05, 3.63) is 0 Å². The maximum absolute atomic E-state index is 5.53. The molecule has 0 fully saturated rings. The zero-order chi connectivity index (χ0) is 10.1. The first-order valence-corrected chi connectivity index (χ1v) is 5.64. The van der Waals surface area contributed by atoms with E-state index in [-0.39, 0.29) is 11.7 Å². The average Bonchev–Trinajstić information content (AvgIpc) is 2.14. The fourth-order valence-electron chi connectivity index (χ4n) is 0.941. The van der Waals surface area contributed by atoms with Crippen LogP contribution in [0.3, 0.4) is 0 Å². The molecule has 0 aromatic heterocycles. The van der Waals surface area contributed by atoms with E-state index in [9.17, 15) is 0 Å². The van der Waals surface area contributed by atoms with Crippen LogP contribution in [0.25, 0.3) is 0 Å². The standard InChI is InChI=1S/C10H21O2S/c1-4-7-9(11-8-5-2)12-10(13)6-3/h9-10H,4-8H2,1-3H3. The molecule has 3 heteroatoms. The van der Waals surface area contributed by atoms with Crippen LogP contribution in [0.5, 0.6) is 0 Å². The molecule has 0 spiro atoms. The molecule has 1 radical (unpaired) electrons. The number of hydrogen-bond acceptors (Lipinski definition) is 2. The van der Waals surface area contributed by atoms with Gasteiger partial charge in [0.1, 0.15) is 5.44 Å². The summed E-state index contributed by atoms with van der Waals surface area (Å²) < 4.78 is 11.0. The molecule has 0 rings (SSSR count). The van der Waals surface area contributed by atoms with Gasteiger partial charge in [-0.05, 0) is 19.3 Å². The summed E-state index contributed by atoms with van der Waals surface area (Å²) >= 11 is 5.08. The molecular weight excluding hydrogens is 184 g/mol. The van der Waals surface area contributed by atoms with Crippen LogP contribution in [0.15, 0.2) is 0 Å². The molecule has 0 aliphatic carbocycles. The Kier molecular flexibility index (Phi) is 9.03. The van der Waals surface area contributed by atoms with Crippen molar-refractivity contribution < 1.29 is 9.47 Å². The first-order chi connectivity index (χ1) is 6.24. The van der Waals surface area contributed by atoms with E-state index in [4.69, 9.17) is 22.1 Å². The van der Waals surface area contributed by atoms with E-state index in [1.165, 1.54) is 0 Å². The van der Waals surface area contributed by atoms with Gasteiger partial charge >= 0.3 is 0 Å². The van der Waals surface area contributed by atoms with Crippen LogP contribution in [0.4, 0.5) is 0 Å². The minimum absolute atomic E-state index is 0.0904. The van der Waals surface area contributed by atoms with Gasteiger partial charge in [0.05, 0.1) is 0 Å². The lowest BCUT2D eigenvalue weighted by molar-refractivity contribution is -0.154. The van der Waals surface area contributed by atoms with Gasteiger partial charge in [0.25, 0.3) is 0 Å². The summed E-state index contributed by atoms with van der Waals surface area (Å²) in [6.45, 7) is 7.00. The van der Waals surface area contributed by atoms with Gasteiger partial charge in [-0.3, -0.25) is 0 Å². The number of hydrogen-bond donors (Lipinski definition) is 0. The van der Waals surface area contributed by atoms with Crippen molar-refractivity contribution >= 4 is 12.6 Å². The van der Waals surface area contributed by atoms with Gasteiger partial charge in [-0.15, -0.1) is 0 Å². The Morgan fingerprint density at radius 3 is 2.31 bits per heavy atom. The lowest BCUT2D eigenvalue weighted by atomic mass is 10.3. The van der Waals surface area contributed by atoms with Crippen molar-refractivity contribution in [1.82, 2.24) is 0 Å². The SMILES string of the molecule is CCCOC(CCC)OC([S])CC. The third kappa shape index (κ3) is 7.35. The van der Waals surface area contributed by atoms with E-state index >= 15 is 0 Å². The summed E-state index contributed by atoms with van der Waals surface area (Å²) in [5, 5.41) is 0. The fourth-order valence-corrected chi connectivity index (χ4v) is 1.07. The van der Waals surface area contributed by atoms with Crippen molar-refractivity contribution in [3.8, 4) is 0 Å². The molecule has 0 aromatic carbocycles. The van der Waals surface area contributed by atoms with E-state index < -0.39 is 0 Å². The smallest absolute Gasteiger partial charge is 0.159 e. The molecule has 13 heavy (non-hydrogen) atoms. The quantitative estimate of drug-likeness (QED) is 0.565. The molecular formula is C10H21O2S. The van der Waals surface area contributed by atoms with Crippen molar-refractivity contribution in [1.29, 1.82) is 0 Å².